The van der Waals surface area contributed by atoms with Gasteiger partial charge in [0.15, 0.2) is 0 Å². The molecule has 2 heterocycles. The summed E-state index contributed by atoms with van der Waals surface area (Å²) >= 11 is 0. The number of aromatic nitrogens is 3. The molecule has 0 bridgehead atoms. The number of rotatable bonds is 12. The first kappa shape index (κ1) is 25.9. The monoisotopic (exact) mass is 495 g/mol. The zero-order valence-corrected chi connectivity index (χ0v) is 21.4. The average Bonchev–Trinajstić information content (AvgIpc) is 3.36. The molecule has 0 saturated heterocycles. The Kier molecular flexibility index (Phi) is 8.84. The molecule has 4 rings (SSSR count). The second kappa shape index (κ2) is 12.7. The fraction of sp³-hybridized carbons (Fsp3) is 0.310. The summed E-state index contributed by atoms with van der Waals surface area (Å²) in [5.41, 5.74) is 4.97. The normalized spacial score (nSPS) is 11.0. The highest BCUT2D eigenvalue weighted by atomic mass is 16.1. The van der Waals surface area contributed by atoms with E-state index in [9.17, 15) is 10.1 Å². The maximum Gasteiger partial charge on any atom is 0.251 e. The van der Waals surface area contributed by atoms with Crippen molar-refractivity contribution in [3.63, 3.8) is 0 Å². The lowest BCUT2D eigenvalue weighted by Gasteiger charge is -2.17. The lowest BCUT2D eigenvalue weighted by atomic mass is 10.1. The van der Waals surface area contributed by atoms with Crippen LogP contribution >= 0.6 is 0 Å². The van der Waals surface area contributed by atoms with Crippen LogP contribution < -0.4 is 10.6 Å². The topological polar surface area (TPSA) is 110 Å². The van der Waals surface area contributed by atoms with Crippen molar-refractivity contribution in [2.24, 2.45) is 0 Å². The Hall–Kier alpha value is -4.22. The first-order chi connectivity index (χ1) is 18.1. The van der Waals surface area contributed by atoms with Gasteiger partial charge in [-0.05, 0) is 68.4 Å². The second-order valence-corrected chi connectivity index (χ2v) is 8.85. The Labute approximate surface area is 217 Å². The fourth-order valence-electron chi connectivity index (χ4n) is 4.28. The molecule has 0 aliphatic rings. The molecule has 0 atom stereocenters. The summed E-state index contributed by atoms with van der Waals surface area (Å²) in [6.07, 6.45) is 5.18. The minimum atomic E-state index is -0.120. The molecular weight excluding hydrogens is 462 g/mol. The number of aromatic amines is 1. The number of H-pyrrole nitrogens is 1. The summed E-state index contributed by atoms with van der Waals surface area (Å²) < 4.78 is 0. The van der Waals surface area contributed by atoms with Crippen molar-refractivity contribution < 1.29 is 4.79 Å². The van der Waals surface area contributed by atoms with Gasteiger partial charge in [0.25, 0.3) is 5.91 Å². The molecule has 1 amide bonds. The van der Waals surface area contributed by atoms with Crippen LogP contribution in [0.3, 0.4) is 0 Å². The van der Waals surface area contributed by atoms with Crippen molar-refractivity contribution in [3.8, 4) is 17.3 Å². The van der Waals surface area contributed by atoms with Gasteiger partial charge in [0.1, 0.15) is 6.07 Å². The van der Waals surface area contributed by atoms with E-state index in [-0.39, 0.29) is 5.91 Å². The van der Waals surface area contributed by atoms with E-state index in [1.165, 1.54) is 0 Å². The third-order valence-electron chi connectivity index (χ3n) is 6.49. The Bertz CT molecular complexity index is 1370. The van der Waals surface area contributed by atoms with Crippen molar-refractivity contribution in [3.05, 3.63) is 77.6 Å². The molecule has 0 aliphatic carbocycles. The van der Waals surface area contributed by atoms with Crippen molar-refractivity contribution in [2.75, 3.05) is 38.0 Å². The number of amides is 1. The minimum absolute atomic E-state index is 0.120. The van der Waals surface area contributed by atoms with Gasteiger partial charge in [-0.2, -0.15) is 5.26 Å². The van der Waals surface area contributed by atoms with Gasteiger partial charge in [0, 0.05) is 47.5 Å². The predicted octanol–water partition coefficient (Wildman–Crippen LogP) is 4.61. The van der Waals surface area contributed by atoms with Crippen LogP contribution in [0.2, 0.25) is 0 Å². The number of hydrogen-bond donors (Lipinski definition) is 3. The van der Waals surface area contributed by atoms with Gasteiger partial charge in [-0.25, -0.2) is 9.97 Å². The van der Waals surface area contributed by atoms with Gasteiger partial charge in [-0.3, -0.25) is 4.79 Å². The highest BCUT2D eigenvalue weighted by Crippen LogP contribution is 2.20. The van der Waals surface area contributed by atoms with E-state index in [1.807, 2.05) is 48.5 Å². The van der Waals surface area contributed by atoms with E-state index in [1.54, 1.807) is 12.4 Å². The predicted molar refractivity (Wildman–Crippen MR) is 147 cm³/mol. The number of anilines is 1. The lowest BCUT2D eigenvalue weighted by Crippen LogP contribution is -2.25. The summed E-state index contributed by atoms with van der Waals surface area (Å²) in [7, 11) is 0. The number of carbonyl (C=O) groups excluding carboxylic acids is 1. The number of fused-ring (bicyclic) bond motifs is 1. The van der Waals surface area contributed by atoms with Crippen molar-refractivity contribution >= 4 is 22.8 Å². The SMILES string of the molecule is CCN(CC)CCCNc1nccc(-c2ccc(C(=O)NCCc3ccc4[nH]cc(C#N)c4c3)cc2)n1. The molecule has 0 radical (unpaired) electrons. The number of carbonyl (C=O) groups is 1. The molecule has 190 valence electrons. The van der Waals surface area contributed by atoms with Crippen LogP contribution in [0.15, 0.2) is 60.9 Å². The van der Waals surface area contributed by atoms with Crippen LogP contribution in [0.4, 0.5) is 5.95 Å². The van der Waals surface area contributed by atoms with Gasteiger partial charge in [-0.15, -0.1) is 0 Å². The summed E-state index contributed by atoms with van der Waals surface area (Å²) in [6.45, 7) is 8.85. The first-order valence-corrected chi connectivity index (χ1v) is 12.8. The van der Waals surface area contributed by atoms with Crippen LogP contribution in [0.5, 0.6) is 0 Å². The standard InChI is InChI=1S/C29H33N7O/c1-3-36(4-2)17-5-14-32-29-33-16-13-26(35-29)22-7-9-23(10-8-22)28(37)31-15-12-21-6-11-27-25(18-21)24(19-30)20-34-27/h6-11,13,16,18,20,34H,3-5,12,14-15,17H2,1-2H3,(H,31,37)(H,32,33,35). The van der Waals surface area contributed by atoms with E-state index in [0.717, 1.165) is 60.3 Å². The van der Waals surface area contributed by atoms with Crippen LogP contribution in [0, 0.1) is 11.3 Å². The van der Waals surface area contributed by atoms with E-state index in [4.69, 9.17) is 0 Å². The molecule has 0 spiro atoms. The molecule has 0 unspecified atom stereocenters. The third-order valence-corrected chi connectivity index (χ3v) is 6.49. The zero-order valence-electron chi connectivity index (χ0n) is 21.4. The van der Waals surface area contributed by atoms with E-state index >= 15 is 0 Å². The highest BCUT2D eigenvalue weighted by molar-refractivity contribution is 5.94. The Morgan fingerprint density at radius 1 is 1.08 bits per heavy atom. The number of hydrogen-bond acceptors (Lipinski definition) is 6. The highest BCUT2D eigenvalue weighted by Gasteiger charge is 2.09. The minimum Gasteiger partial charge on any atom is -0.360 e. The molecule has 4 aromatic rings. The van der Waals surface area contributed by atoms with Gasteiger partial charge < -0.3 is 20.5 Å². The smallest absolute Gasteiger partial charge is 0.251 e. The molecular formula is C29H33N7O. The quantitative estimate of drug-likeness (QED) is 0.248. The van der Waals surface area contributed by atoms with Crippen molar-refractivity contribution in [1.29, 1.82) is 5.26 Å². The number of nitrogens with one attached hydrogen (secondary N) is 3. The number of benzene rings is 2. The maximum atomic E-state index is 12.6. The van der Waals surface area contributed by atoms with E-state index in [2.05, 4.69) is 50.4 Å². The molecule has 0 fully saturated rings. The largest absolute Gasteiger partial charge is 0.360 e. The lowest BCUT2D eigenvalue weighted by molar-refractivity contribution is 0.0954. The van der Waals surface area contributed by atoms with Gasteiger partial charge in [-0.1, -0.05) is 32.0 Å². The number of nitriles is 1. The molecule has 0 aliphatic heterocycles. The summed E-state index contributed by atoms with van der Waals surface area (Å²) in [6, 6.07) is 17.5. The molecule has 8 heteroatoms. The summed E-state index contributed by atoms with van der Waals surface area (Å²) in [5, 5.41) is 16.4. The van der Waals surface area contributed by atoms with Crippen LogP contribution in [-0.4, -0.2) is 58.5 Å². The molecule has 3 N–H and O–H groups in total. The maximum absolute atomic E-state index is 12.6. The molecule has 0 saturated carbocycles. The Balaban J connectivity index is 1.29. The van der Waals surface area contributed by atoms with E-state index < -0.39 is 0 Å². The summed E-state index contributed by atoms with van der Waals surface area (Å²) in [4.78, 5) is 27.1. The van der Waals surface area contributed by atoms with Crippen molar-refractivity contribution in [2.45, 2.75) is 26.7 Å². The van der Waals surface area contributed by atoms with Crippen LogP contribution in [0.1, 0.15) is 41.8 Å². The Morgan fingerprint density at radius 2 is 1.89 bits per heavy atom. The van der Waals surface area contributed by atoms with Crippen molar-refractivity contribution in [1.82, 2.24) is 25.2 Å². The fourth-order valence-corrected chi connectivity index (χ4v) is 4.28. The van der Waals surface area contributed by atoms with Gasteiger partial charge >= 0.3 is 0 Å². The van der Waals surface area contributed by atoms with Gasteiger partial charge in [0.05, 0.1) is 11.3 Å². The van der Waals surface area contributed by atoms with Gasteiger partial charge in [0.2, 0.25) is 5.95 Å². The van der Waals surface area contributed by atoms with E-state index in [0.29, 0.717) is 30.0 Å². The molecule has 2 aromatic heterocycles. The Morgan fingerprint density at radius 3 is 2.65 bits per heavy atom. The zero-order chi connectivity index (χ0) is 26.0. The van der Waals surface area contributed by atoms with Crippen LogP contribution in [-0.2, 0) is 6.42 Å². The second-order valence-electron chi connectivity index (χ2n) is 8.85. The summed E-state index contributed by atoms with van der Waals surface area (Å²) in [5.74, 6) is 0.490. The molecule has 8 nitrogen and oxygen atoms in total. The number of nitrogens with zero attached hydrogens (tertiary/aromatic N) is 4. The molecule has 37 heavy (non-hydrogen) atoms. The average molecular weight is 496 g/mol. The molecule has 2 aromatic carbocycles. The first-order valence-electron chi connectivity index (χ1n) is 12.8. The van der Waals surface area contributed by atoms with Crippen LogP contribution in [0.25, 0.3) is 22.2 Å². The third kappa shape index (κ3) is 6.72.